The Balaban J connectivity index is 4.42. The van der Waals surface area contributed by atoms with Crippen LogP contribution >= 0.6 is 0 Å². The SMILES string of the molecule is CC/C=C\C/C=C\C/C=C\C/C=C\C/C=C\C/C=C\C/C=C\CCCC(=O)OCC(COC(=O)CCCCCCCCCCCCCCCCCC)OC(=O)CCCCCCCCCCCCCCCCCCCCCCCC. The zero-order chi connectivity index (χ0) is 57.1. The molecule has 0 aliphatic carbocycles. The molecule has 0 amide bonds. The molecule has 79 heavy (non-hydrogen) atoms. The van der Waals surface area contributed by atoms with Gasteiger partial charge in [-0.1, -0.05) is 337 Å². The second kappa shape index (κ2) is 67.1. The van der Waals surface area contributed by atoms with Crippen molar-refractivity contribution >= 4 is 17.9 Å². The Kier molecular flexibility index (Phi) is 64.2. The summed E-state index contributed by atoms with van der Waals surface area (Å²) in [7, 11) is 0. The summed E-state index contributed by atoms with van der Waals surface area (Å²) in [6, 6.07) is 0. The minimum Gasteiger partial charge on any atom is -0.462 e. The van der Waals surface area contributed by atoms with E-state index in [-0.39, 0.29) is 37.5 Å². The summed E-state index contributed by atoms with van der Waals surface area (Å²) in [4.78, 5) is 38.4. The predicted octanol–water partition coefficient (Wildman–Crippen LogP) is 23.4. The fourth-order valence-corrected chi connectivity index (χ4v) is 9.85. The van der Waals surface area contributed by atoms with Crippen LogP contribution < -0.4 is 0 Å². The zero-order valence-electron chi connectivity index (χ0n) is 52.4. The second-order valence-electron chi connectivity index (χ2n) is 22.7. The van der Waals surface area contributed by atoms with E-state index >= 15 is 0 Å². The van der Waals surface area contributed by atoms with Crippen LogP contribution in [0.5, 0.6) is 0 Å². The molecule has 6 nitrogen and oxygen atoms in total. The summed E-state index contributed by atoms with van der Waals surface area (Å²) < 4.78 is 16.9. The van der Waals surface area contributed by atoms with Crippen LogP contribution in [-0.2, 0) is 28.6 Å². The fourth-order valence-electron chi connectivity index (χ4n) is 9.85. The highest BCUT2D eigenvalue weighted by atomic mass is 16.6. The fraction of sp³-hybridized carbons (Fsp3) is 0.767. The lowest BCUT2D eigenvalue weighted by molar-refractivity contribution is -0.167. The largest absolute Gasteiger partial charge is 0.462 e. The topological polar surface area (TPSA) is 78.9 Å². The van der Waals surface area contributed by atoms with Crippen LogP contribution in [0.4, 0.5) is 0 Å². The highest BCUT2D eigenvalue weighted by Crippen LogP contribution is 2.18. The summed E-state index contributed by atoms with van der Waals surface area (Å²) in [5.74, 6) is -0.932. The van der Waals surface area contributed by atoms with E-state index in [2.05, 4.69) is 106 Å². The van der Waals surface area contributed by atoms with Crippen LogP contribution in [0.3, 0.4) is 0 Å². The number of carbonyl (C=O) groups is 3. The van der Waals surface area contributed by atoms with Crippen molar-refractivity contribution in [1.82, 2.24) is 0 Å². The van der Waals surface area contributed by atoms with Gasteiger partial charge in [0.25, 0.3) is 0 Å². The number of unbranched alkanes of at least 4 members (excludes halogenated alkanes) is 37. The first-order chi connectivity index (χ1) is 39.0. The van der Waals surface area contributed by atoms with E-state index in [1.807, 2.05) is 0 Å². The summed E-state index contributed by atoms with van der Waals surface area (Å²) in [6.07, 6.45) is 88.9. The van der Waals surface area contributed by atoms with Crippen LogP contribution in [0.1, 0.15) is 342 Å². The van der Waals surface area contributed by atoms with E-state index in [1.54, 1.807) is 0 Å². The lowest BCUT2D eigenvalue weighted by Gasteiger charge is -2.18. The minimum absolute atomic E-state index is 0.0899. The van der Waals surface area contributed by atoms with Gasteiger partial charge in [-0.2, -0.15) is 0 Å². The Morgan fingerprint density at radius 3 is 0.772 bits per heavy atom. The molecule has 0 aliphatic rings. The molecule has 0 aliphatic heterocycles. The number of rotatable bonds is 62. The lowest BCUT2D eigenvalue weighted by Crippen LogP contribution is -2.30. The maximum Gasteiger partial charge on any atom is 0.306 e. The maximum absolute atomic E-state index is 12.9. The third-order valence-electron chi connectivity index (χ3n) is 14.9. The first kappa shape index (κ1) is 75.6. The monoisotopic (exact) mass is 1100 g/mol. The molecule has 456 valence electrons. The van der Waals surface area contributed by atoms with Gasteiger partial charge in [0.1, 0.15) is 13.2 Å². The number of ether oxygens (including phenoxy) is 3. The van der Waals surface area contributed by atoms with Gasteiger partial charge in [0, 0.05) is 19.3 Å². The van der Waals surface area contributed by atoms with Crippen molar-refractivity contribution in [2.45, 2.75) is 348 Å². The number of hydrogen-bond acceptors (Lipinski definition) is 6. The summed E-state index contributed by atoms with van der Waals surface area (Å²) in [5.41, 5.74) is 0. The van der Waals surface area contributed by atoms with Crippen LogP contribution in [0, 0.1) is 0 Å². The van der Waals surface area contributed by atoms with Crippen molar-refractivity contribution in [3.63, 3.8) is 0 Å². The first-order valence-electron chi connectivity index (χ1n) is 34.1. The Morgan fingerprint density at radius 1 is 0.266 bits per heavy atom. The summed E-state index contributed by atoms with van der Waals surface area (Å²) in [6.45, 7) is 6.54. The number of allylic oxidation sites excluding steroid dienone is 14. The van der Waals surface area contributed by atoms with Gasteiger partial charge in [-0.25, -0.2) is 0 Å². The number of esters is 3. The minimum atomic E-state index is -0.799. The van der Waals surface area contributed by atoms with Crippen LogP contribution in [0.15, 0.2) is 85.1 Å². The Hall–Kier alpha value is -3.41. The van der Waals surface area contributed by atoms with Crippen molar-refractivity contribution in [2.24, 2.45) is 0 Å². The van der Waals surface area contributed by atoms with Gasteiger partial charge in [0.05, 0.1) is 0 Å². The zero-order valence-corrected chi connectivity index (χ0v) is 52.4. The molecular weight excluding hydrogens is 973 g/mol. The molecule has 0 aromatic carbocycles. The summed E-state index contributed by atoms with van der Waals surface area (Å²) in [5, 5.41) is 0. The lowest BCUT2D eigenvalue weighted by atomic mass is 10.0. The third-order valence-corrected chi connectivity index (χ3v) is 14.9. The molecule has 1 atom stereocenters. The Morgan fingerprint density at radius 2 is 0.494 bits per heavy atom. The quantitative estimate of drug-likeness (QED) is 0.0261. The van der Waals surface area contributed by atoms with Crippen molar-refractivity contribution in [3.05, 3.63) is 85.1 Å². The van der Waals surface area contributed by atoms with Gasteiger partial charge in [-0.15, -0.1) is 0 Å². The van der Waals surface area contributed by atoms with Crippen LogP contribution in [0.2, 0.25) is 0 Å². The average Bonchev–Trinajstić information content (AvgIpc) is 3.45. The highest BCUT2D eigenvalue weighted by Gasteiger charge is 2.19. The van der Waals surface area contributed by atoms with Crippen LogP contribution in [-0.4, -0.2) is 37.2 Å². The molecule has 0 fully saturated rings. The smallest absolute Gasteiger partial charge is 0.306 e. The molecule has 0 saturated heterocycles. The van der Waals surface area contributed by atoms with Crippen molar-refractivity contribution in [1.29, 1.82) is 0 Å². The van der Waals surface area contributed by atoms with Crippen molar-refractivity contribution in [3.8, 4) is 0 Å². The molecule has 0 saturated carbocycles. The van der Waals surface area contributed by atoms with E-state index in [0.29, 0.717) is 19.3 Å². The Bertz CT molecular complexity index is 1500. The normalized spacial score (nSPS) is 12.6. The van der Waals surface area contributed by atoms with Gasteiger partial charge in [0.15, 0.2) is 6.10 Å². The number of carbonyl (C=O) groups excluding carboxylic acids is 3. The highest BCUT2D eigenvalue weighted by molar-refractivity contribution is 5.71. The second-order valence-corrected chi connectivity index (χ2v) is 22.7. The molecule has 0 rings (SSSR count). The van der Waals surface area contributed by atoms with Gasteiger partial charge in [0.2, 0.25) is 0 Å². The average molecular weight is 1100 g/mol. The van der Waals surface area contributed by atoms with E-state index < -0.39 is 6.10 Å². The van der Waals surface area contributed by atoms with Gasteiger partial charge in [-0.3, -0.25) is 14.4 Å². The molecular formula is C73H128O6. The van der Waals surface area contributed by atoms with E-state index in [4.69, 9.17) is 14.2 Å². The van der Waals surface area contributed by atoms with Gasteiger partial charge < -0.3 is 14.2 Å². The third kappa shape index (κ3) is 65.3. The molecule has 0 N–H and O–H groups in total. The molecule has 0 aromatic rings. The number of hydrogen-bond donors (Lipinski definition) is 0. The molecule has 0 spiro atoms. The Labute approximate surface area is 490 Å². The molecule has 0 bridgehead atoms. The molecule has 0 heterocycles. The van der Waals surface area contributed by atoms with E-state index in [9.17, 15) is 14.4 Å². The van der Waals surface area contributed by atoms with E-state index in [0.717, 1.165) is 89.9 Å². The van der Waals surface area contributed by atoms with Gasteiger partial charge in [-0.05, 0) is 70.6 Å². The van der Waals surface area contributed by atoms with Gasteiger partial charge >= 0.3 is 17.9 Å². The van der Waals surface area contributed by atoms with Crippen molar-refractivity contribution in [2.75, 3.05) is 13.2 Å². The predicted molar refractivity (Wildman–Crippen MR) is 344 cm³/mol. The standard InChI is InChI=1S/C73H128O6/c1-4-7-10-13-16-19-22-25-28-31-33-35-37-39-40-42-45-48-51-54-57-60-63-66-72(75)78-69-70(68-77-71(74)65-62-59-56-53-50-47-44-30-27-24-21-18-15-12-9-6-3)79-73(76)67-64-61-58-55-52-49-46-43-41-38-36-34-32-29-26-23-20-17-14-11-8-5-2/h7,10,16,19,25,28,33,35,39-40,45,48,54,57,70H,4-6,8-9,11-15,17-18,20-24,26-27,29-32,34,36-38,41-44,46-47,49-53,55-56,58-69H2,1-3H3/b10-7-,19-16-,28-25-,35-33-,40-39-,48-45-,57-54-. The molecule has 1 unspecified atom stereocenters. The van der Waals surface area contributed by atoms with Crippen LogP contribution in [0.25, 0.3) is 0 Å². The van der Waals surface area contributed by atoms with Crippen molar-refractivity contribution < 1.29 is 28.6 Å². The maximum atomic E-state index is 12.9. The first-order valence-corrected chi connectivity index (χ1v) is 34.1. The molecule has 6 heteroatoms. The van der Waals surface area contributed by atoms with E-state index in [1.165, 1.54) is 205 Å². The molecule has 0 aromatic heterocycles. The molecule has 0 radical (unpaired) electrons. The summed E-state index contributed by atoms with van der Waals surface area (Å²) >= 11 is 0.